The largest absolute Gasteiger partial charge is 0.400 e. The highest BCUT2D eigenvalue weighted by atomic mass is 31.2. The first kappa shape index (κ1) is 66.1. The van der Waals surface area contributed by atoms with E-state index in [1.807, 2.05) is 12.1 Å². The fraction of sp³-hybridized carbons (Fsp3) is 0.597. The molecule has 0 radical (unpaired) electrons. The summed E-state index contributed by atoms with van der Waals surface area (Å²) in [5.74, 6) is -0.221. The molecule has 486 valence electrons. The first-order valence-corrected chi connectivity index (χ1v) is 31.4. The van der Waals surface area contributed by atoms with Crippen LogP contribution in [0.3, 0.4) is 0 Å². The number of amides is 2. The van der Waals surface area contributed by atoms with Crippen molar-refractivity contribution < 1.29 is 59.6 Å². The van der Waals surface area contributed by atoms with Gasteiger partial charge in [0.15, 0.2) is 23.2 Å². The fourth-order valence-electron chi connectivity index (χ4n) is 11.3. The van der Waals surface area contributed by atoms with Crippen molar-refractivity contribution in [3.63, 3.8) is 0 Å². The second-order valence-electron chi connectivity index (χ2n) is 22.7. The summed E-state index contributed by atoms with van der Waals surface area (Å²) < 4.78 is 88.4. The van der Waals surface area contributed by atoms with Gasteiger partial charge in [0.25, 0.3) is 28.9 Å². The van der Waals surface area contributed by atoms with Crippen molar-refractivity contribution in [2.45, 2.75) is 193 Å². The topological polar surface area (TPSA) is 266 Å². The highest BCUT2D eigenvalue weighted by molar-refractivity contribution is 7.44. The Labute approximate surface area is 531 Å². The van der Waals surface area contributed by atoms with Gasteiger partial charge in [-0.05, 0) is 126 Å². The lowest BCUT2D eigenvalue weighted by molar-refractivity contribution is -0.216. The molecule has 3 saturated heterocycles. The maximum absolute atomic E-state index is 13.4. The summed E-state index contributed by atoms with van der Waals surface area (Å²) in [6.07, 6.45) is 4.57. The first-order valence-electron chi connectivity index (χ1n) is 31.4. The van der Waals surface area contributed by atoms with Gasteiger partial charge in [0.1, 0.15) is 66.7 Å². The lowest BCUT2D eigenvalue weighted by Crippen LogP contribution is -2.51. The van der Waals surface area contributed by atoms with E-state index in [2.05, 4.69) is 115 Å². The van der Waals surface area contributed by atoms with Crippen LogP contribution in [0.25, 0.3) is 20.9 Å². The summed E-state index contributed by atoms with van der Waals surface area (Å²) in [4.78, 5) is 63.3. The van der Waals surface area contributed by atoms with Crippen LogP contribution >= 0.6 is 17.1 Å². The highest BCUT2D eigenvalue weighted by Gasteiger charge is 2.77. The summed E-state index contributed by atoms with van der Waals surface area (Å²) in [7, 11) is 0.976. The average molecular weight is 1280 g/mol. The van der Waals surface area contributed by atoms with Crippen LogP contribution in [-0.4, -0.2) is 176 Å². The summed E-state index contributed by atoms with van der Waals surface area (Å²) in [5.41, 5.74) is -1.69. The number of anilines is 2. The molecule has 2 aliphatic carbocycles. The maximum atomic E-state index is 13.4. The normalized spacial score (nSPS) is 24.4. The van der Waals surface area contributed by atoms with E-state index in [1.54, 1.807) is 79.7 Å². The summed E-state index contributed by atoms with van der Waals surface area (Å²) in [6, 6.07) is 18.0. The van der Waals surface area contributed by atoms with Gasteiger partial charge in [-0.15, -0.1) is 0 Å². The minimum atomic E-state index is -1.63. The summed E-state index contributed by atoms with van der Waals surface area (Å²) >= 11 is 0. The second-order valence-corrected chi connectivity index (χ2v) is 25.5. The third-order valence-electron chi connectivity index (χ3n) is 15.7. The predicted molar refractivity (Wildman–Crippen MR) is 340 cm³/mol. The van der Waals surface area contributed by atoms with E-state index in [1.165, 1.54) is 25.1 Å². The molecule has 5 aliphatic rings. The van der Waals surface area contributed by atoms with Gasteiger partial charge in [-0.1, -0.05) is 43.8 Å². The Hall–Kier alpha value is -5.83. The summed E-state index contributed by atoms with van der Waals surface area (Å²) in [5, 5.41) is 12.6. The molecule has 5 aromatic rings. The molecule has 1 spiro atoms. The predicted octanol–water partition coefficient (Wildman–Crippen LogP) is 10.1. The molecule has 5 fully saturated rings. The van der Waals surface area contributed by atoms with Crippen molar-refractivity contribution in [1.82, 2.24) is 38.4 Å². The molecule has 10 rings (SSSR count). The van der Waals surface area contributed by atoms with E-state index < -0.39 is 75.9 Å². The molecular weight excluding hydrogens is 1180 g/mol. The van der Waals surface area contributed by atoms with E-state index in [-0.39, 0.29) is 102 Å². The molecule has 25 nitrogen and oxygen atoms in total. The number of carbonyl (C=O) groups is 2. The lowest BCUT2D eigenvalue weighted by atomic mass is 9.90. The maximum Gasteiger partial charge on any atom is 0.351 e. The number of benzene rings is 2. The van der Waals surface area contributed by atoms with Crippen LogP contribution in [0.1, 0.15) is 150 Å². The molecule has 2 unspecified atom stereocenters. The Kier molecular flexibility index (Phi) is 23.4. The third kappa shape index (κ3) is 15.4. The van der Waals surface area contributed by atoms with Crippen molar-refractivity contribution in [3.05, 3.63) is 130 Å². The van der Waals surface area contributed by atoms with Crippen molar-refractivity contribution in [2.24, 2.45) is 0 Å². The van der Waals surface area contributed by atoms with Gasteiger partial charge in [0.2, 0.25) is 16.0 Å². The zero-order chi connectivity index (χ0) is 67.1. The number of ether oxygens (including phenoxy) is 4. The van der Waals surface area contributed by atoms with Crippen molar-refractivity contribution in [2.75, 3.05) is 58.3 Å². The molecule has 2 saturated carbocycles. The van der Waals surface area contributed by atoms with E-state index in [0.717, 1.165) is 12.8 Å². The molecule has 3 aromatic heterocycles. The van der Waals surface area contributed by atoms with Crippen LogP contribution in [0.4, 0.5) is 11.6 Å². The molecule has 9 atom stereocenters. The SMILES string of the molecule is C.[2H]C[C@@]1(C2(OC)CC2)O[C@@H](n2cc(C)c(NC(=O)c3ccccc3)nc2=O)C[C@@H]1OP(OCC[N+]#[C-])N(C(C)C)C(C)C.[2H]C[C@]12O[C@@H](n3cnc4c(NC(=O)c5ccccc5)ncnc43)[C@H](OC13CC3)[C@@H]2OP(OCC[N+]#[C-])N(C(C)C)C(C)C.[3H]OC.[3H]OC. The van der Waals surface area contributed by atoms with Crippen molar-refractivity contribution >= 4 is 51.7 Å². The lowest BCUT2D eigenvalue weighted by Gasteiger charge is -2.41. The number of hydrogen-bond acceptors (Lipinski definition) is 19. The fourth-order valence-corrected chi connectivity index (χ4v) is 14.9. The zero-order valence-corrected chi connectivity index (χ0v) is 53.9. The first-order chi connectivity index (χ1) is 44.1. The standard InChI is InChI=1S/C30H42N5O6P.C29H36N7O5P.2CH4O.CH4/c1-20(2)35(21(3)4)42(39-17-16-31-7)41-24-18-25(40-29(24,6)30(38-8)14-15-30)34-19-22(5)26(33-28(34)37)32-27(36)23-12-10-9-11-13-23;1-18(2)36(19(3)4)42(38-15-14-30-6)41-23-22-27(40-28(23,5)29(39-22)12-13-29)35-17-33-21-24(31-16-32-25(21)35)34-26(37)20-10-8-7-9-11-20;2*1-2;/h9-13,19-21,24-25H,14-18H2,1-6,8H3,(H,32,33,36,37);7-11,16-19,22-23,27H,12-15H2,1-5H3,(H,31,32,34,37);2*2H,1H3;1H4/t24-,25+,29+,42?;22-,23+,27-,28-,42?;;;/m01.../s1/i6D;5D;2*2T;. The molecule has 6 heterocycles. The van der Waals surface area contributed by atoms with Gasteiger partial charge in [-0.25, -0.2) is 42.2 Å². The van der Waals surface area contributed by atoms with Gasteiger partial charge in [0.05, 0.1) is 11.9 Å². The molecule has 89 heavy (non-hydrogen) atoms. The van der Waals surface area contributed by atoms with E-state index in [0.29, 0.717) is 40.7 Å². The van der Waals surface area contributed by atoms with Crippen LogP contribution in [0, 0.1) is 20.1 Å². The van der Waals surface area contributed by atoms with Crippen molar-refractivity contribution in [1.29, 1.82) is 2.86 Å². The number of imidazole rings is 1. The Morgan fingerprint density at radius 2 is 1.31 bits per heavy atom. The van der Waals surface area contributed by atoms with Crippen LogP contribution < -0.4 is 16.3 Å². The summed E-state index contributed by atoms with van der Waals surface area (Å²) in [6.45, 7) is 33.4. The quantitative estimate of drug-likeness (QED) is 0.0254. The number of nitrogens with one attached hydrogen (secondary N) is 2. The number of hydrogen-bond donors (Lipinski definition) is 4. The third-order valence-corrected chi connectivity index (χ3v) is 19.9. The van der Waals surface area contributed by atoms with E-state index in [9.17, 15) is 14.4 Å². The number of aryl methyl sites for hydroxylation is 1. The Balaban J connectivity index is 0.000000269. The van der Waals surface area contributed by atoms with Gasteiger partial charge in [-0.2, -0.15) is 4.98 Å². The van der Waals surface area contributed by atoms with Gasteiger partial charge < -0.3 is 67.6 Å². The van der Waals surface area contributed by atoms with Crippen LogP contribution in [0.2, 0.25) is 0 Å². The number of methoxy groups -OCH3 is 1. The van der Waals surface area contributed by atoms with Crippen LogP contribution in [0.5, 0.6) is 0 Å². The minimum absolute atomic E-state index is 0. The van der Waals surface area contributed by atoms with Crippen LogP contribution in [0.15, 0.2) is 84.3 Å². The van der Waals surface area contributed by atoms with Crippen molar-refractivity contribution in [3.8, 4) is 0 Å². The van der Waals surface area contributed by atoms with Gasteiger partial charge in [0, 0.05) is 77.5 Å². The van der Waals surface area contributed by atoms with Gasteiger partial charge in [-0.3, -0.25) is 18.7 Å². The Bertz CT molecular complexity index is 3350. The van der Waals surface area contributed by atoms with Crippen LogP contribution in [-0.2, 0) is 37.0 Å². The number of carbonyl (C=O) groups excluding carboxylic acids is 2. The molecular formula is C62H90N12O13P2. The number of aliphatic hydroxyl groups excluding tert-OH is 2. The molecule has 4 N–H and O–H groups in total. The van der Waals surface area contributed by atoms with Gasteiger partial charge >= 0.3 is 5.69 Å². The zero-order valence-electron chi connectivity index (χ0n) is 56.2. The molecule has 2 aromatic carbocycles. The Morgan fingerprint density at radius 1 is 0.787 bits per heavy atom. The Morgan fingerprint density at radius 3 is 1.80 bits per heavy atom. The number of nitrogens with zero attached hydrogens (tertiary/aromatic N) is 10. The number of aromatic nitrogens is 6. The number of fused-ring (bicyclic) bond motifs is 4. The van der Waals surface area contributed by atoms with E-state index >= 15 is 0 Å². The molecule has 2 bridgehead atoms. The second kappa shape index (κ2) is 31.5. The monoisotopic (exact) mass is 1280 g/mol. The minimum Gasteiger partial charge on any atom is -0.400 e. The molecule has 27 heteroatoms. The van der Waals surface area contributed by atoms with E-state index in [4.69, 9.17) is 55.8 Å². The number of rotatable bonds is 24. The molecule has 3 aliphatic heterocycles. The molecule has 2 amide bonds. The number of aliphatic hydroxyl groups is 2. The average Bonchev–Trinajstić information content (AvgIpc) is 1.51. The highest BCUT2D eigenvalue weighted by Crippen LogP contribution is 2.67. The smallest absolute Gasteiger partial charge is 0.351 e.